The number of hydrogen-bond donors (Lipinski definition) is 0. The van der Waals surface area contributed by atoms with Gasteiger partial charge in [0.25, 0.3) is 0 Å². The van der Waals surface area contributed by atoms with E-state index in [0.29, 0.717) is 0 Å². The van der Waals surface area contributed by atoms with Gasteiger partial charge in [-0.3, -0.25) is 0 Å². The Hall–Kier alpha value is -1.90. The average molecular weight is 315 g/mol. The predicted octanol–water partition coefficient (Wildman–Crippen LogP) is 0.588. The van der Waals surface area contributed by atoms with Crippen LogP contribution >= 0.6 is 0 Å². The van der Waals surface area contributed by atoms with Crippen molar-refractivity contribution in [3.8, 4) is 0 Å². The fraction of sp³-hybridized carbons (Fsp3) is 0.0667. The van der Waals surface area contributed by atoms with Gasteiger partial charge in [-0.2, -0.15) is 0 Å². The first-order chi connectivity index (χ1) is 9.24. The Morgan fingerprint density at radius 1 is 1.05 bits per heavy atom. The van der Waals surface area contributed by atoms with E-state index in [-0.39, 0.29) is 20.5 Å². The van der Waals surface area contributed by atoms with Crippen LogP contribution < -0.4 is 14.5 Å². The van der Waals surface area contributed by atoms with E-state index >= 15 is 0 Å². The van der Waals surface area contributed by atoms with Crippen LogP contribution in [0.3, 0.4) is 0 Å². The molecule has 0 aliphatic heterocycles. The second kappa shape index (κ2) is 5.00. The number of fused-ring (bicyclic) bond motifs is 1. The molecule has 0 aliphatic carbocycles. The maximum absolute atomic E-state index is 11.6. The molecule has 0 amide bonds. The molecule has 0 saturated heterocycles. The number of aromatic nitrogens is 2. The van der Waals surface area contributed by atoms with Crippen LogP contribution in [0.5, 0.6) is 0 Å². The van der Waals surface area contributed by atoms with E-state index in [1.165, 1.54) is 15.1 Å². The second-order valence-corrected chi connectivity index (χ2v) is 6.63. The third kappa shape index (κ3) is 2.46. The molecule has 0 N–H and O–H groups in total. The van der Waals surface area contributed by atoms with E-state index in [2.05, 4.69) is 41.4 Å². The summed E-state index contributed by atoms with van der Waals surface area (Å²) in [5, 5.41) is 0. The van der Waals surface area contributed by atoms with E-state index in [9.17, 15) is 4.79 Å². The van der Waals surface area contributed by atoms with Crippen molar-refractivity contribution >= 4 is 34.9 Å². The fourth-order valence-electron chi connectivity index (χ4n) is 1.90. The minimum atomic E-state index is -0.0724. The maximum atomic E-state index is 11.6. The molecule has 19 heavy (non-hydrogen) atoms. The Bertz CT molecular complexity index is 781. The molecule has 3 nitrogen and oxygen atoms in total. The van der Waals surface area contributed by atoms with E-state index < -0.39 is 0 Å². The van der Waals surface area contributed by atoms with Crippen molar-refractivity contribution in [3.63, 3.8) is 0 Å². The molecule has 1 aromatic heterocycles. The van der Waals surface area contributed by atoms with E-state index in [4.69, 9.17) is 0 Å². The molecule has 1 heterocycles. The normalized spacial score (nSPS) is 10.8. The summed E-state index contributed by atoms with van der Waals surface area (Å²) in [4.78, 5) is 15.8. The fourth-order valence-corrected chi connectivity index (χ4v) is 3.73. The molecule has 0 radical (unpaired) electrons. The van der Waals surface area contributed by atoms with Crippen molar-refractivity contribution in [2.45, 2.75) is 0 Å². The molecular weight excluding hydrogens is 303 g/mol. The first-order valence-corrected chi connectivity index (χ1v) is 7.64. The molecule has 94 valence electrons. The molecule has 3 rings (SSSR count). The van der Waals surface area contributed by atoms with Crippen molar-refractivity contribution in [2.75, 3.05) is 0 Å². The number of nitrogens with zero attached hydrogens (tertiary/aromatic N) is 2. The van der Waals surface area contributed by atoms with Gasteiger partial charge in [-0.1, -0.05) is 0 Å². The average Bonchev–Trinajstić information content (AvgIpc) is 2.45. The Kier molecular flexibility index (Phi) is 3.20. The summed E-state index contributed by atoms with van der Waals surface area (Å²) in [5.74, 6) is 0. The van der Waals surface area contributed by atoms with Gasteiger partial charge >= 0.3 is 117 Å². The molecule has 0 unspecified atom stereocenters. The molecule has 3 aromatic rings. The van der Waals surface area contributed by atoms with Gasteiger partial charge in [-0.05, 0) is 0 Å². The van der Waals surface area contributed by atoms with Gasteiger partial charge in [0.15, 0.2) is 0 Å². The van der Waals surface area contributed by atoms with Gasteiger partial charge < -0.3 is 0 Å². The van der Waals surface area contributed by atoms with Crippen molar-refractivity contribution in [1.29, 1.82) is 0 Å². The topological polar surface area (TPSA) is 34.9 Å². The quantitative estimate of drug-likeness (QED) is 0.649. The summed E-state index contributed by atoms with van der Waals surface area (Å²) < 4.78 is 4.21. The van der Waals surface area contributed by atoms with Crippen LogP contribution in [0.4, 0.5) is 0 Å². The van der Waals surface area contributed by atoms with E-state index in [1.54, 1.807) is 11.6 Å². The minimum absolute atomic E-state index is 0.0724. The first kappa shape index (κ1) is 12.1. The van der Waals surface area contributed by atoms with Crippen LogP contribution in [-0.2, 0) is 7.05 Å². The number of aryl methyl sites for hydroxylation is 1. The number of hydrogen-bond acceptors (Lipinski definition) is 2. The van der Waals surface area contributed by atoms with Gasteiger partial charge in [-0.15, -0.1) is 0 Å². The molecule has 0 spiro atoms. The molecule has 0 atom stereocenters. The first-order valence-electron chi connectivity index (χ1n) is 5.93. The predicted molar refractivity (Wildman–Crippen MR) is 78.4 cm³/mol. The summed E-state index contributed by atoms with van der Waals surface area (Å²) >= 11 is 0.251. The van der Waals surface area contributed by atoms with E-state index in [1.807, 2.05) is 12.1 Å². The number of rotatable bonds is 2. The zero-order valence-electron chi connectivity index (χ0n) is 10.4. The zero-order valence-corrected chi connectivity index (χ0v) is 12.1. The Labute approximate surface area is 117 Å². The molecule has 0 bridgehead atoms. The summed E-state index contributed by atoms with van der Waals surface area (Å²) in [5.41, 5.74) is 1.68. The third-order valence-electron chi connectivity index (χ3n) is 2.93. The molecule has 0 saturated carbocycles. The summed E-state index contributed by atoms with van der Waals surface area (Å²) in [6.07, 6.45) is 1.37. The Balaban J connectivity index is 2.06. The van der Waals surface area contributed by atoms with E-state index in [0.717, 1.165) is 11.0 Å². The van der Waals surface area contributed by atoms with Crippen LogP contribution in [0.25, 0.3) is 11.0 Å². The summed E-state index contributed by atoms with van der Waals surface area (Å²) in [6, 6.07) is 16.5. The number of benzene rings is 2. The monoisotopic (exact) mass is 316 g/mol. The molecule has 4 heteroatoms. The SMILES string of the molecule is Cn1c(=O)cnc2ccc([Se]c3ccccc3)cc21. The van der Waals surface area contributed by atoms with Crippen LogP contribution in [0.15, 0.2) is 59.5 Å². The van der Waals surface area contributed by atoms with Crippen molar-refractivity contribution in [1.82, 2.24) is 9.55 Å². The van der Waals surface area contributed by atoms with Crippen LogP contribution in [0.1, 0.15) is 0 Å². The Morgan fingerprint density at radius 3 is 2.63 bits per heavy atom. The van der Waals surface area contributed by atoms with Crippen LogP contribution in [0, 0.1) is 0 Å². The molecule has 0 fully saturated rings. The van der Waals surface area contributed by atoms with Gasteiger partial charge in [0, 0.05) is 0 Å². The summed E-state index contributed by atoms with van der Waals surface area (Å²) in [6.45, 7) is 0. The van der Waals surface area contributed by atoms with Crippen LogP contribution in [0.2, 0.25) is 0 Å². The van der Waals surface area contributed by atoms with Gasteiger partial charge in [-0.25, -0.2) is 0 Å². The Morgan fingerprint density at radius 2 is 1.84 bits per heavy atom. The zero-order chi connectivity index (χ0) is 13.2. The van der Waals surface area contributed by atoms with Crippen molar-refractivity contribution in [3.05, 3.63) is 65.1 Å². The second-order valence-electron chi connectivity index (χ2n) is 4.22. The molecular formula is C15H12N2OSe. The summed E-state index contributed by atoms with van der Waals surface area (Å²) in [7, 11) is 1.78. The van der Waals surface area contributed by atoms with Gasteiger partial charge in [0.05, 0.1) is 0 Å². The van der Waals surface area contributed by atoms with Crippen molar-refractivity contribution < 1.29 is 0 Å². The molecule has 0 aliphatic rings. The van der Waals surface area contributed by atoms with Gasteiger partial charge in [0.1, 0.15) is 0 Å². The molecule has 2 aromatic carbocycles. The third-order valence-corrected chi connectivity index (χ3v) is 5.02. The van der Waals surface area contributed by atoms with Crippen molar-refractivity contribution in [2.24, 2.45) is 7.05 Å². The standard InChI is InChI=1S/C15H12N2OSe/c1-17-14-9-12(19-11-5-3-2-4-6-11)7-8-13(14)16-10-15(17)18/h2-10H,1H3. The van der Waals surface area contributed by atoms with Gasteiger partial charge in [0.2, 0.25) is 0 Å². The van der Waals surface area contributed by atoms with Crippen LogP contribution in [-0.4, -0.2) is 24.5 Å².